The van der Waals surface area contributed by atoms with E-state index in [1.165, 1.54) is 17.1 Å². The minimum absolute atomic E-state index is 0.131. The number of primary sulfonamides is 1. The van der Waals surface area contributed by atoms with E-state index in [-0.39, 0.29) is 17.2 Å². The molecule has 0 aromatic heterocycles. The van der Waals surface area contributed by atoms with Crippen molar-refractivity contribution in [1.82, 2.24) is 0 Å². The van der Waals surface area contributed by atoms with Crippen molar-refractivity contribution in [3.63, 3.8) is 0 Å². The molecule has 26 heavy (non-hydrogen) atoms. The van der Waals surface area contributed by atoms with E-state index in [2.05, 4.69) is 27.7 Å². The molecule has 0 amide bonds. The fraction of sp³-hybridized carbons (Fsp3) is 0.235. The molecule has 0 spiro atoms. The molecule has 2 aromatic carbocycles. The standard InChI is InChI=1S/C17H17FIN3O3S/c18-15-8-14(26(20,24)25)6-7-16(15)22-17(19,10-13(11-23)21-22)9-12-4-2-1-3-5-12/h1-8,23H,9-11H2,(H2,20,24,25)/t17-/m0/s1. The highest BCUT2D eigenvalue weighted by Crippen LogP contribution is 2.42. The Balaban J connectivity index is 2.01. The summed E-state index contributed by atoms with van der Waals surface area (Å²) in [5.74, 6) is -0.742. The van der Waals surface area contributed by atoms with E-state index < -0.39 is 19.4 Å². The number of hydrogen-bond donors (Lipinski definition) is 2. The van der Waals surface area contributed by atoms with Gasteiger partial charge in [-0.15, -0.1) is 0 Å². The molecule has 0 saturated heterocycles. The molecule has 6 nitrogen and oxygen atoms in total. The molecule has 1 heterocycles. The van der Waals surface area contributed by atoms with Crippen LogP contribution in [0.15, 0.2) is 58.5 Å². The molecule has 2 aromatic rings. The summed E-state index contributed by atoms with van der Waals surface area (Å²) in [6, 6.07) is 13.2. The number of alkyl halides is 1. The third-order valence-electron chi connectivity index (χ3n) is 4.07. The molecule has 0 radical (unpaired) electrons. The number of hydrogen-bond acceptors (Lipinski definition) is 5. The molecular weight excluding hydrogens is 472 g/mol. The first kappa shape index (κ1) is 19.2. The van der Waals surface area contributed by atoms with Crippen molar-refractivity contribution < 1.29 is 17.9 Å². The first-order chi connectivity index (χ1) is 12.2. The summed E-state index contributed by atoms with van der Waals surface area (Å²) in [5.41, 5.74) is 1.71. The van der Waals surface area contributed by atoms with Crippen LogP contribution >= 0.6 is 22.6 Å². The fourth-order valence-electron chi connectivity index (χ4n) is 2.89. The second-order valence-electron chi connectivity index (χ2n) is 6.05. The van der Waals surface area contributed by atoms with Crippen LogP contribution in [-0.4, -0.2) is 29.4 Å². The average molecular weight is 489 g/mol. The van der Waals surface area contributed by atoms with Gasteiger partial charge in [-0.25, -0.2) is 23.0 Å². The predicted molar refractivity (Wildman–Crippen MR) is 106 cm³/mol. The topological polar surface area (TPSA) is 96.0 Å². The summed E-state index contributed by atoms with van der Waals surface area (Å²) in [6.45, 7) is -0.229. The smallest absolute Gasteiger partial charge is 0.238 e. The number of benzene rings is 2. The summed E-state index contributed by atoms with van der Waals surface area (Å²) in [6.07, 6.45) is 1.02. The lowest BCUT2D eigenvalue weighted by molar-refractivity contribution is 0.355. The maximum Gasteiger partial charge on any atom is 0.238 e. The number of halogens is 2. The molecule has 138 valence electrons. The van der Waals surface area contributed by atoms with E-state index in [9.17, 15) is 17.9 Å². The summed E-state index contributed by atoms with van der Waals surface area (Å²) in [4.78, 5) is -0.300. The highest BCUT2D eigenvalue weighted by molar-refractivity contribution is 14.1. The second-order valence-corrected chi connectivity index (χ2v) is 9.62. The number of nitrogens with two attached hydrogens (primary N) is 1. The van der Waals surface area contributed by atoms with Gasteiger partial charge < -0.3 is 5.11 Å². The number of rotatable bonds is 5. The van der Waals surface area contributed by atoms with Crippen LogP contribution in [0.25, 0.3) is 0 Å². The highest BCUT2D eigenvalue weighted by atomic mass is 127. The molecule has 1 aliphatic heterocycles. The van der Waals surface area contributed by atoms with E-state index in [0.29, 0.717) is 18.6 Å². The molecular formula is C17H17FIN3O3S. The lowest BCUT2D eigenvalue weighted by atomic mass is 10.0. The van der Waals surface area contributed by atoms with Crippen LogP contribution in [-0.2, 0) is 16.4 Å². The van der Waals surface area contributed by atoms with Crippen LogP contribution in [0, 0.1) is 5.82 Å². The van der Waals surface area contributed by atoms with E-state index in [1.54, 1.807) is 0 Å². The molecule has 1 aliphatic rings. The van der Waals surface area contributed by atoms with E-state index >= 15 is 0 Å². The Kier molecular flexibility index (Phi) is 5.33. The number of nitrogens with zero attached hydrogens (tertiary/aromatic N) is 2. The van der Waals surface area contributed by atoms with Crippen LogP contribution in [0.1, 0.15) is 12.0 Å². The molecule has 9 heteroatoms. The Morgan fingerprint density at radius 2 is 1.96 bits per heavy atom. The monoisotopic (exact) mass is 489 g/mol. The van der Waals surface area contributed by atoms with Crippen LogP contribution in [0.5, 0.6) is 0 Å². The van der Waals surface area contributed by atoms with Crippen molar-refractivity contribution in [2.45, 2.75) is 21.3 Å². The maximum atomic E-state index is 14.6. The zero-order valence-electron chi connectivity index (χ0n) is 13.6. The zero-order valence-corrected chi connectivity index (χ0v) is 16.6. The quantitative estimate of drug-likeness (QED) is 0.383. The Labute approximate surface area is 164 Å². The van der Waals surface area contributed by atoms with Gasteiger partial charge in [0.2, 0.25) is 10.0 Å². The van der Waals surface area contributed by atoms with Crippen molar-refractivity contribution in [1.29, 1.82) is 0 Å². The fourth-order valence-corrected chi connectivity index (χ4v) is 4.67. The summed E-state index contributed by atoms with van der Waals surface area (Å²) >= 11 is 2.20. The minimum atomic E-state index is -3.99. The third-order valence-corrected chi connectivity index (χ3v) is 6.20. The van der Waals surface area contributed by atoms with Gasteiger partial charge in [-0.2, -0.15) is 5.10 Å². The van der Waals surface area contributed by atoms with Gasteiger partial charge in [0.1, 0.15) is 9.36 Å². The number of aliphatic hydroxyl groups is 1. The first-order valence-corrected chi connectivity index (χ1v) is 10.4. The Morgan fingerprint density at radius 1 is 1.27 bits per heavy atom. The van der Waals surface area contributed by atoms with Crippen LogP contribution < -0.4 is 10.1 Å². The van der Waals surface area contributed by atoms with Gasteiger partial charge >= 0.3 is 0 Å². The van der Waals surface area contributed by atoms with E-state index in [1.807, 2.05) is 30.3 Å². The van der Waals surface area contributed by atoms with Crippen molar-refractivity contribution in [2.24, 2.45) is 10.2 Å². The van der Waals surface area contributed by atoms with Crippen molar-refractivity contribution >= 4 is 44.0 Å². The van der Waals surface area contributed by atoms with Crippen LogP contribution in [0.3, 0.4) is 0 Å². The third kappa shape index (κ3) is 3.90. The normalized spacial score (nSPS) is 20.3. The zero-order chi connectivity index (χ0) is 18.9. The van der Waals surface area contributed by atoms with Crippen molar-refractivity contribution in [2.75, 3.05) is 11.6 Å². The Hall–Kier alpha value is -1.56. The number of sulfonamides is 1. The van der Waals surface area contributed by atoms with Crippen LogP contribution in [0.4, 0.5) is 10.1 Å². The summed E-state index contributed by atoms with van der Waals surface area (Å²) in [7, 11) is -3.99. The summed E-state index contributed by atoms with van der Waals surface area (Å²) < 4.78 is 36.9. The second kappa shape index (κ2) is 7.22. The largest absolute Gasteiger partial charge is 0.390 e. The van der Waals surface area contributed by atoms with Gasteiger partial charge in [-0.1, -0.05) is 52.9 Å². The number of hydrazone groups is 1. The maximum absolute atomic E-state index is 14.6. The van der Waals surface area contributed by atoms with Gasteiger partial charge in [0.15, 0.2) is 0 Å². The lowest BCUT2D eigenvalue weighted by Crippen LogP contribution is -2.39. The molecule has 1 atom stereocenters. The minimum Gasteiger partial charge on any atom is -0.390 e. The number of aliphatic hydroxyl groups excluding tert-OH is 1. The molecule has 0 bridgehead atoms. The Morgan fingerprint density at radius 3 is 2.54 bits per heavy atom. The van der Waals surface area contributed by atoms with Gasteiger partial charge in [0.05, 0.1) is 22.9 Å². The van der Waals surface area contributed by atoms with Crippen LogP contribution in [0.2, 0.25) is 0 Å². The van der Waals surface area contributed by atoms with Crippen molar-refractivity contribution in [3.05, 3.63) is 59.9 Å². The van der Waals surface area contributed by atoms with Gasteiger partial charge in [-0.05, 0) is 23.8 Å². The first-order valence-electron chi connectivity index (χ1n) is 7.75. The highest BCUT2D eigenvalue weighted by Gasteiger charge is 2.42. The van der Waals surface area contributed by atoms with Gasteiger partial charge in [0, 0.05) is 12.8 Å². The predicted octanol–water partition coefficient (Wildman–Crippen LogP) is 2.41. The molecule has 3 rings (SSSR count). The Bertz CT molecular complexity index is 953. The van der Waals surface area contributed by atoms with Crippen molar-refractivity contribution in [3.8, 4) is 0 Å². The van der Waals surface area contributed by atoms with Gasteiger partial charge in [0.25, 0.3) is 0 Å². The summed E-state index contributed by atoms with van der Waals surface area (Å²) in [5, 5.41) is 20.4. The molecule has 0 unspecified atom stereocenters. The van der Waals surface area contributed by atoms with Gasteiger partial charge in [-0.3, -0.25) is 0 Å². The van der Waals surface area contributed by atoms with E-state index in [4.69, 9.17) is 5.14 Å². The molecule has 0 fully saturated rings. The average Bonchev–Trinajstić information content (AvgIpc) is 2.91. The van der Waals surface area contributed by atoms with E-state index in [0.717, 1.165) is 11.6 Å². The molecule has 0 saturated carbocycles. The molecule has 0 aliphatic carbocycles. The number of anilines is 1. The molecule has 3 N–H and O–H groups in total. The SMILES string of the molecule is NS(=O)(=O)c1ccc(N2N=C(CO)C[C@]2(I)Cc2ccccc2)c(F)c1. The lowest BCUT2D eigenvalue weighted by Gasteiger charge is -2.33.